The van der Waals surface area contributed by atoms with Crippen LogP contribution in [0.1, 0.15) is 34.6 Å². The third-order valence-corrected chi connectivity index (χ3v) is 2.99. The second-order valence-electron chi connectivity index (χ2n) is 4.75. The third-order valence-electron chi connectivity index (χ3n) is 2.99. The molecular weight excluding hydrogens is 191 g/mol. The van der Waals surface area contributed by atoms with Crippen molar-refractivity contribution in [3.05, 3.63) is 12.3 Å². The lowest BCUT2D eigenvalue weighted by Gasteiger charge is -2.32. The van der Waals surface area contributed by atoms with Gasteiger partial charge in [-0.1, -0.05) is 6.08 Å². The summed E-state index contributed by atoms with van der Waals surface area (Å²) in [5.74, 6) is 0. The summed E-state index contributed by atoms with van der Waals surface area (Å²) < 4.78 is 16.7. The van der Waals surface area contributed by atoms with Crippen LogP contribution in [0.2, 0.25) is 6.32 Å². The highest BCUT2D eigenvalue weighted by molar-refractivity contribution is 6.46. The molecular formula is C11H21BO3. The Morgan fingerprint density at radius 2 is 1.67 bits per heavy atom. The Morgan fingerprint density at radius 3 is 2.13 bits per heavy atom. The second-order valence-corrected chi connectivity index (χ2v) is 4.75. The van der Waals surface area contributed by atoms with E-state index in [1.54, 1.807) is 6.26 Å². The first-order valence-corrected chi connectivity index (χ1v) is 5.51. The number of hydrogen-bond acceptors (Lipinski definition) is 3. The van der Waals surface area contributed by atoms with Gasteiger partial charge in [-0.25, -0.2) is 0 Å². The highest BCUT2D eigenvalue weighted by atomic mass is 16.7. The molecule has 0 spiro atoms. The van der Waals surface area contributed by atoms with Gasteiger partial charge in [-0.2, -0.15) is 0 Å². The Kier molecular flexibility index (Phi) is 3.84. The van der Waals surface area contributed by atoms with E-state index in [0.717, 1.165) is 6.32 Å². The predicted octanol–water partition coefficient (Wildman–Crippen LogP) is 2.63. The normalized spacial score (nSPS) is 23.7. The molecule has 1 aliphatic heterocycles. The van der Waals surface area contributed by atoms with Crippen molar-refractivity contribution in [2.45, 2.75) is 52.1 Å². The molecule has 0 amide bonds. The van der Waals surface area contributed by atoms with Crippen LogP contribution in [0.4, 0.5) is 0 Å². The minimum Gasteiger partial charge on any atom is -0.502 e. The van der Waals surface area contributed by atoms with Gasteiger partial charge in [-0.15, -0.1) is 0 Å². The van der Waals surface area contributed by atoms with E-state index in [1.807, 2.05) is 13.0 Å². The number of allylic oxidation sites excluding steroid dienone is 1. The quantitative estimate of drug-likeness (QED) is 0.529. The topological polar surface area (TPSA) is 27.7 Å². The molecule has 4 heteroatoms. The molecule has 1 rings (SSSR count). The van der Waals surface area contributed by atoms with E-state index in [0.29, 0.717) is 6.61 Å². The molecule has 1 aliphatic rings. The molecule has 0 aliphatic carbocycles. The second kappa shape index (κ2) is 4.58. The summed E-state index contributed by atoms with van der Waals surface area (Å²) in [6.07, 6.45) is 4.36. The molecule has 0 bridgehead atoms. The Bertz CT molecular complexity index is 220. The smallest absolute Gasteiger partial charge is 0.461 e. The van der Waals surface area contributed by atoms with Crippen molar-refractivity contribution in [1.82, 2.24) is 0 Å². The molecule has 0 aromatic heterocycles. The zero-order chi connectivity index (χ0) is 11.5. The van der Waals surface area contributed by atoms with Gasteiger partial charge in [0, 0.05) is 6.32 Å². The maximum absolute atomic E-state index is 5.82. The Labute approximate surface area is 92.9 Å². The van der Waals surface area contributed by atoms with E-state index in [9.17, 15) is 0 Å². The van der Waals surface area contributed by atoms with Crippen molar-refractivity contribution >= 4 is 7.12 Å². The van der Waals surface area contributed by atoms with Crippen LogP contribution in [0.3, 0.4) is 0 Å². The molecule has 0 unspecified atom stereocenters. The van der Waals surface area contributed by atoms with Gasteiger partial charge in [-0.05, 0) is 34.6 Å². The van der Waals surface area contributed by atoms with Gasteiger partial charge < -0.3 is 14.0 Å². The highest BCUT2D eigenvalue weighted by Crippen LogP contribution is 2.37. The Morgan fingerprint density at radius 1 is 1.13 bits per heavy atom. The van der Waals surface area contributed by atoms with Gasteiger partial charge in [0.25, 0.3) is 0 Å². The van der Waals surface area contributed by atoms with Crippen LogP contribution in [0.25, 0.3) is 0 Å². The van der Waals surface area contributed by atoms with E-state index in [1.165, 1.54) is 0 Å². The number of rotatable bonds is 4. The molecule has 15 heavy (non-hydrogen) atoms. The fourth-order valence-corrected chi connectivity index (χ4v) is 1.39. The van der Waals surface area contributed by atoms with Crippen molar-refractivity contribution in [1.29, 1.82) is 0 Å². The van der Waals surface area contributed by atoms with Gasteiger partial charge >= 0.3 is 7.12 Å². The number of hydrogen-bond donors (Lipinski definition) is 0. The van der Waals surface area contributed by atoms with Crippen molar-refractivity contribution < 1.29 is 14.0 Å². The molecule has 0 atom stereocenters. The maximum atomic E-state index is 5.82. The summed E-state index contributed by atoms with van der Waals surface area (Å²) in [7, 11) is -0.160. The maximum Gasteiger partial charge on any atom is 0.461 e. The minimum atomic E-state index is -0.239. The fourth-order valence-electron chi connectivity index (χ4n) is 1.39. The first-order chi connectivity index (χ1) is 6.89. The van der Waals surface area contributed by atoms with Crippen LogP contribution in [-0.2, 0) is 14.0 Å². The van der Waals surface area contributed by atoms with Crippen molar-refractivity contribution in [2.75, 3.05) is 6.61 Å². The standard InChI is InChI=1S/C11H21BO3/c1-6-13-9-7-8-12-14-10(2,3)11(4,5)15-12/h7,9H,6,8H2,1-5H3/b9-7+. The molecule has 0 aromatic rings. The summed E-state index contributed by atoms with van der Waals surface area (Å²) in [4.78, 5) is 0. The molecule has 0 aromatic carbocycles. The highest BCUT2D eigenvalue weighted by Gasteiger charge is 2.50. The van der Waals surface area contributed by atoms with Crippen LogP contribution in [0.15, 0.2) is 12.3 Å². The molecule has 0 radical (unpaired) electrons. The van der Waals surface area contributed by atoms with E-state index in [2.05, 4.69) is 27.7 Å². The van der Waals surface area contributed by atoms with Gasteiger partial charge in [0.2, 0.25) is 0 Å². The summed E-state index contributed by atoms with van der Waals surface area (Å²) in [6.45, 7) is 10.9. The molecule has 0 N–H and O–H groups in total. The van der Waals surface area contributed by atoms with E-state index < -0.39 is 0 Å². The lowest BCUT2D eigenvalue weighted by Crippen LogP contribution is -2.41. The average molecular weight is 212 g/mol. The minimum absolute atomic E-state index is 0.160. The average Bonchev–Trinajstić information content (AvgIpc) is 2.30. The van der Waals surface area contributed by atoms with E-state index in [-0.39, 0.29) is 18.3 Å². The SMILES string of the molecule is CCO/C=C/CB1OC(C)(C)C(C)(C)O1. The zero-order valence-electron chi connectivity index (χ0n) is 10.4. The molecule has 1 saturated heterocycles. The molecule has 3 nitrogen and oxygen atoms in total. The monoisotopic (exact) mass is 212 g/mol. The van der Waals surface area contributed by atoms with Gasteiger partial charge in [0.15, 0.2) is 0 Å². The van der Waals surface area contributed by atoms with Crippen LogP contribution in [-0.4, -0.2) is 24.9 Å². The van der Waals surface area contributed by atoms with Crippen molar-refractivity contribution in [3.8, 4) is 0 Å². The van der Waals surface area contributed by atoms with Crippen LogP contribution in [0, 0.1) is 0 Å². The zero-order valence-corrected chi connectivity index (χ0v) is 10.4. The lowest BCUT2D eigenvalue weighted by atomic mass is 9.85. The molecule has 86 valence electrons. The summed E-state index contributed by atoms with van der Waals surface area (Å²) >= 11 is 0. The third kappa shape index (κ3) is 2.99. The molecule has 1 fully saturated rings. The van der Waals surface area contributed by atoms with Crippen molar-refractivity contribution in [2.24, 2.45) is 0 Å². The summed E-state index contributed by atoms with van der Waals surface area (Å²) in [6, 6.07) is 0. The van der Waals surface area contributed by atoms with Gasteiger partial charge in [0.1, 0.15) is 0 Å². The fraction of sp³-hybridized carbons (Fsp3) is 0.818. The molecule has 1 heterocycles. The van der Waals surface area contributed by atoms with Crippen LogP contribution in [0.5, 0.6) is 0 Å². The predicted molar refractivity (Wildman–Crippen MR) is 61.7 cm³/mol. The Hall–Kier alpha value is -0.475. The van der Waals surface area contributed by atoms with Gasteiger partial charge in [-0.3, -0.25) is 0 Å². The summed E-state index contributed by atoms with van der Waals surface area (Å²) in [5.41, 5.74) is -0.478. The van der Waals surface area contributed by atoms with Crippen molar-refractivity contribution in [3.63, 3.8) is 0 Å². The van der Waals surface area contributed by atoms with E-state index >= 15 is 0 Å². The first kappa shape index (κ1) is 12.6. The van der Waals surface area contributed by atoms with Crippen LogP contribution >= 0.6 is 0 Å². The number of ether oxygens (including phenoxy) is 1. The lowest BCUT2D eigenvalue weighted by molar-refractivity contribution is 0.00578. The van der Waals surface area contributed by atoms with E-state index in [4.69, 9.17) is 14.0 Å². The molecule has 0 saturated carbocycles. The first-order valence-electron chi connectivity index (χ1n) is 5.51. The largest absolute Gasteiger partial charge is 0.502 e. The van der Waals surface area contributed by atoms with Crippen LogP contribution < -0.4 is 0 Å². The Balaban J connectivity index is 2.42. The summed E-state index contributed by atoms with van der Waals surface area (Å²) in [5, 5.41) is 0. The van der Waals surface area contributed by atoms with Gasteiger partial charge in [0.05, 0.1) is 24.1 Å².